The van der Waals surface area contributed by atoms with Gasteiger partial charge in [0.1, 0.15) is 17.3 Å². The molecule has 0 atom stereocenters. The minimum Gasteiger partial charge on any atom is -0.366 e. The van der Waals surface area contributed by atoms with Gasteiger partial charge in [-0.15, -0.1) is 11.3 Å². The van der Waals surface area contributed by atoms with Gasteiger partial charge in [-0.2, -0.15) is 0 Å². The smallest absolute Gasteiger partial charge is 0.276 e. The normalized spacial score (nSPS) is 12.3. The zero-order valence-electron chi connectivity index (χ0n) is 24.5. The first-order valence-electron chi connectivity index (χ1n) is 14.7. The third-order valence-electron chi connectivity index (χ3n) is 8.09. The highest BCUT2D eigenvalue weighted by Crippen LogP contribution is 2.42. The summed E-state index contributed by atoms with van der Waals surface area (Å²) in [7, 11) is 0. The second-order valence-electron chi connectivity index (χ2n) is 11.0. The minimum absolute atomic E-state index is 0.185. The predicted octanol–water partition coefficient (Wildman–Crippen LogP) is 8.48. The third kappa shape index (κ3) is 5.56. The molecule has 4 aromatic carbocycles. The average Bonchev–Trinajstić information content (AvgIpc) is 3.43. The molecule has 0 radical (unpaired) electrons. The number of carbonyl (C=O) groups is 2. The van der Waals surface area contributed by atoms with Crippen molar-refractivity contribution in [2.45, 2.75) is 19.9 Å². The van der Waals surface area contributed by atoms with E-state index in [1.54, 1.807) is 30.0 Å². The molecule has 2 N–H and O–H groups in total. The number of amides is 2. The van der Waals surface area contributed by atoms with Gasteiger partial charge in [-0.05, 0) is 71.1 Å². The van der Waals surface area contributed by atoms with Gasteiger partial charge in [-0.1, -0.05) is 78.9 Å². The number of aryl methyl sites for hydroxylation is 1. The first-order chi connectivity index (χ1) is 22.0. The number of pyridine rings is 1. The molecule has 0 saturated carbocycles. The summed E-state index contributed by atoms with van der Waals surface area (Å²) in [5, 5.41) is 8.49. The van der Waals surface area contributed by atoms with Gasteiger partial charge in [0.25, 0.3) is 11.8 Å². The molecule has 0 saturated heterocycles. The van der Waals surface area contributed by atoms with Crippen LogP contribution in [-0.4, -0.2) is 23.3 Å². The summed E-state index contributed by atoms with van der Waals surface area (Å²) in [6.07, 6.45) is 0.553. The second-order valence-corrected chi connectivity index (χ2v) is 12.0. The van der Waals surface area contributed by atoms with Crippen LogP contribution in [0.5, 0.6) is 0 Å². The summed E-state index contributed by atoms with van der Waals surface area (Å²) < 4.78 is 14.4. The summed E-state index contributed by atoms with van der Waals surface area (Å²) in [6.45, 7) is 2.75. The first kappa shape index (κ1) is 28.4. The summed E-state index contributed by atoms with van der Waals surface area (Å²) in [5.41, 5.74) is 4.93. The van der Waals surface area contributed by atoms with Crippen LogP contribution in [0.15, 0.2) is 109 Å². The fraction of sp³-hybridized carbons (Fsp3) is 0.108. The molecule has 3 heterocycles. The number of anilines is 3. The van der Waals surface area contributed by atoms with E-state index < -0.39 is 5.82 Å². The number of nitrogens with zero attached hydrogens (tertiary/aromatic N) is 2. The van der Waals surface area contributed by atoms with E-state index in [0.29, 0.717) is 41.5 Å². The van der Waals surface area contributed by atoms with Crippen molar-refractivity contribution in [3.05, 3.63) is 142 Å². The van der Waals surface area contributed by atoms with Crippen LogP contribution in [0.3, 0.4) is 0 Å². The van der Waals surface area contributed by atoms with Crippen LogP contribution >= 0.6 is 11.3 Å². The highest BCUT2D eigenvalue weighted by atomic mass is 32.1. The van der Waals surface area contributed by atoms with Gasteiger partial charge in [0.05, 0.1) is 16.3 Å². The molecule has 0 unspecified atom stereocenters. The second kappa shape index (κ2) is 12.0. The van der Waals surface area contributed by atoms with Gasteiger partial charge in [0.2, 0.25) is 0 Å². The summed E-state index contributed by atoms with van der Waals surface area (Å²) in [6, 6.07) is 34.2. The molecule has 7 rings (SSSR count). The standard InChI is InChI=1S/C37H29FN4O2S/c1-23-9-6-15-29(38)34(23)41-36(43)32-21-25-19-20-42(31-17-5-4-14-28(31)35(25)45-32)37(44)30-16-8-18-33(40-30)39-22-26-12-7-11-24-10-2-3-13-27(24)26/h2-18,21H,19-20,22H2,1H3,(H,39,40)(H,41,43). The van der Waals surface area contributed by atoms with Crippen LogP contribution in [0.2, 0.25) is 0 Å². The fourth-order valence-electron chi connectivity index (χ4n) is 5.81. The van der Waals surface area contributed by atoms with Crippen molar-refractivity contribution in [3.8, 4) is 10.4 Å². The van der Waals surface area contributed by atoms with Crippen molar-refractivity contribution < 1.29 is 14.0 Å². The molecule has 0 aliphatic carbocycles. The van der Waals surface area contributed by atoms with E-state index in [4.69, 9.17) is 4.98 Å². The number of fused-ring (bicyclic) bond motifs is 4. The van der Waals surface area contributed by atoms with Crippen LogP contribution < -0.4 is 15.5 Å². The summed E-state index contributed by atoms with van der Waals surface area (Å²) in [4.78, 5) is 35.0. The monoisotopic (exact) mass is 612 g/mol. The topological polar surface area (TPSA) is 74.3 Å². The maximum absolute atomic E-state index is 14.4. The first-order valence-corrected chi connectivity index (χ1v) is 15.6. The van der Waals surface area contributed by atoms with Gasteiger partial charge in [-0.3, -0.25) is 9.59 Å². The molecule has 1 aliphatic heterocycles. The fourth-order valence-corrected chi connectivity index (χ4v) is 6.95. The number of halogens is 1. The lowest BCUT2D eigenvalue weighted by atomic mass is 10.0. The minimum atomic E-state index is -0.470. The highest BCUT2D eigenvalue weighted by molar-refractivity contribution is 7.17. The van der Waals surface area contributed by atoms with Crippen molar-refractivity contribution in [2.24, 2.45) is 0 Å². The van der Waals surface area contributed by atoms with E-state index in [1.165, 1.54) is 28.2 Å². The molecular weight excluding hydrogens is 583 g/mol. The van der Waals surface area contributed by atoms with Crippen molar-refractivity contribution in [1.29, 1.82) is 0 Å². The maximum Gasteiger partial charge on any atom is 0.276 e. The molecule has 222 valence electrons. The van der Waals surface area contributed by atoms with Crippen molar-refractivity contribution >= 4 is 51.1 Å². The van der Waals surface area contributed by atoms with Gasteiger partial charge >= 0.3 is 0 Å². The van der Waals surface area contributed by atoms with E-state index in [-0.39, 0.29) is 17.5 Å². The number of aromatic nitrogens is 1. The Labute approximate surface area is 264 Å². The number of thiophene rings is 1. The molecule has 2 aromatic heterocycles. The number of carbonyl (C=O) groups excluding carboxylic acids is 2. The van der Waals surface area contributed by atoms with E-state index in [9.17, 15) is 14.0 Å². The lowest BCUT2D eigenvalue weighted by Crippen LogP contribution is -2.33. The van der Waals surface area contributed by atoms with Crippen LogP contribution in [0.25, 0.3) is 21.2 Å². The van der Waals surface area contributed by atoms with Crippen LogP contribution in [-0.2, 0) is 13.0 Å². The highest BCUT2D eigenvalue weighted by Gasteiger charge is 2.28. The zero-order chi connectivity index (χ0) is 30.9. The molecule has 6 nitrogen and oxygen atoms in total. The molecule has 45 heavy (non-hydrogen) atoms. The number of rotatable bonds is 6. The molecule has 6 aromatic rings. The molecule has 0 fully saturated rings. The van der Waals surface area contributed by atoms with Gasteiger partial charge < -0.3 is 15.5 Å². The maximum atomic E-state index is 14.4. The Kier molecular flexibility index (Phi) is 7.57. The van der Waals surface area contributed by atoms with Gasteiger partial charge in [-0.25, -0.2) is 9.37 Å². The van der Waals surface area contributed by atoms with Crippen LogP contribution in [0.4, 0.5) is 21.6 Å². The number of benzene rings is 4. The summed E-state index contributed by atoms with van der Waals surface area (Å²) >= 11 is 1.35. The lowest BCUT2D eigenvalue weighted by Gasteiger charge is -2.23. The largest absolute Gasteiger partial charge is 0.366 e. The number of hydrogen-bond acceptors (Lipinski definition) is 5. The molecule has 1 aliphatic rings. The molecular formula is C37H29FN4O2S. The summed E-state index contributed by atoms with van der Waals surface area (Å²) in [5.74, 6) is -0.401. The Hall–Kier alpha value is -5.34. The van der Waals surface area contributed by atoms with Gasteiger partial charge in [0.15, 0.2) is 0 Å². The number of nitrogens with one attached hydrogen (secondary N) is 2. The molecule has 2 amide bonds. The SMILES string of the molecule is Cc1cccc(F)c1NC(=O)c1cc2c(s1)-c1ccccc1N(C(=O)c1cccc(NCc3cccc4ccccc34)n1)CC2. The Morgan fingerprint density at radius 1 is 0.911 bits per heavy atom. The third-order valence-corrected chi connectivity index (χ3v) is 9.30. The predicted molar refractivity (Wildman–Crippen MR) is 180 cm³/mol. The molecule has 8 heteroatoms. The van der Waals surface area contributed by atoms with E-state index in [2.05, 4.69) is 34.9 Å². The Bertz CT molecular complexity index is 2060. The molecule has 0 spiro atoms. The zero-order valence-corrected chi connectivity index (χ0v) is 25.3. The average molecular weight is 613 g/mol. The Balaban J connectivity index is 1.13. The van der Waals surface area contributed by atoms with Crippen molar-refractivity contribution in [2.75, 3.05) is 22.1 Å². The quantitative estimate of drug-likeness (QED) is 0.198. The van der Waals surface area contributed by atoms with E-state index in [1.807, 2.05) is 60.7 Å². The Morgan fingerprint density at radius 3 is 2.58 bits per heavy atom. The lowest BCUT2D eigenvalue weighted by molar-refractivity contribution is 0.0981. The van der Waals surface area contributed by atoms with E-state index in [0.717, 1.165) is 27.3 Å². The van der Waals surface area contributed by atoms with Crippen LogP contribution in [0, 0.1) is 12.7 Å². The number of para-hydroxylation sites is 2. The Morgan fingerprint density at radius 2 is 1.69 bits per heavy atom. The van der Waals surface area contributed by atoms with Gasteiger partial charge in [0, 0.05) is 23.5 Å². The van der Waals surface area contributed by atoms with Crippen LogP contribution in [0.1, 0.15) is 36.9 Å². The van der Waals surface area contributed by atoms with Crippen molar-refractivity contribution in [1.82, 2.24) is 4.98 Å². The van der Waals surface area contributed by atoms with Crippen molar-refractivity contribution in [3.63, 3.8) is 0 Å². The number of hydrogen-bond donors (Lipinski definition) is 2. The van der Waals surface area contributed by atoms with E-state index >= 15 is 0 Å². The molecule has 0 bridgehead atoms.